The Hall–Kier alpha value is -1.43. The van der Waals surface area contributed by atoms with E-state index in [1.807, 2.05) is 37.4 Å². The van der Waals surface area contributed by atoms with Gasteiger partial charge in [0.25, 0.3) is 0 Å². The molecule has 22 heavy (non-hydrogen) atoms. The van der Waals surface area contributed by atoms with Gasteiger partial charge in [-0.1, -0.05) is 30.3 Å². The van der Waals surface area contributed by atoms with Crippen LogP contribution in [-0.2, 0) is 9.53 Å². The average molecular weight is 305 g/mol. The summed E-state index contributed by atoms with van der Waals surface area (Å²) in [6, 6.07) is 9.56. The minimum absolute atomic E-state index is 0.0702. The third kappa shape index (κ3) is 2.89. The van der Waals surface area contributed by atoms with E-state index in [9.17, 15) is 15.0 Å². The highest BCUT2D eigenvalue weighted by Gasteiger charge is 2.45. The fourth-order valence-electron chi connectivity index (χ4n) is 3.74. The Bertz CT molecular complexity index is 521. The van der Waals surface area contributed by atoms with Gasteiger partial charge in [-0.05, 0) is 19.0 Å². The number of rotatable bonds is 4. The van der Waals surface area contributed by atoms with E-state index in [0.29, 0.717) is 6.42 Å². The third-order valence-electron chi connectivity index (χ3n) is 5.05. The molecule has 2 aliphatic heterocycles. The van der Waals surface area contributed by atoms with E-state index in [-0.39, 0.29) is 36.9 Å². The van der Waals surface area contributed by atoms with Crippen molar-refractivity contribution in [3.8, 4) is 0 Å². The zero-order valence-electron chi connectivity index (χ0n) is 12.8. The molecule has 2 N–H and O–H groups in total. The smallest absolute Gasteiger partial charge is 0.316 e. The maximum Gasteiger partial charge on any atom is 0.316 e. The Balaban J connectivity index is 1.65. The summed E-state index contributed by atoms with van der Waals surface area (Å²) in [5, 5.41) is 19.6. The molecule has 0 radical (unpaired) electrons. The van der Waals surface area contributed by atoms with E-state index < -0.39 is 5.92 Å². The molecule has 1 aromatic rings. The normalized spacial score (nSPS) is 32.7. The second-order valence-electron chi connectivity index (χ2n) is 6.37. The van der Waals surface area contributed by atoms with Crippen LogP contribution in [0.25, 0.3) is 0 Å². The van der Waals surface area contributed by atoms with Gasteiger partial charge in [-0.2, -0.15) is 0 Å². The lowest BCUT2D eigenvalue weighted by atomic mass is 9.98. The Morgan fingerprint density at radius 2 is 2.05 bits per heavy atom. The number of ether oxygens (including phenoxy) is 1. The molecule has 5 atom stereocenters. The summed E-state index contributed by atoms with van der Waals surface area (Å²) in [7, 11) is 2.02. The van der Waals surface area contributed by atoms with Gasteiger partial charge in [0, 0.05) is 24.9 Å². The molecular formula is C17H23NO4. The van der Waals surface area contributed by atoms with Crippen molar-refractivity contribution in [3.63, 3.8) is 0 Å². The van der Waals surface area contributed by atoms with Gasteiger partial charge >= 0.3 is 5.97 Å². The summed E-state index contributed by atoms with van der Waals surface area (Å²) >= 11 is 0. The van der Waals surface area contributed by atoms with Crippen LogP contribution in [0.2, 0.25) is 0 Å². The number of piperidine rings is 1. The van der Waals surface area contributed by atoms with E-state index in [0.717, 1.165) is 18.4 Å². The number of carbonyl (C=O) groups is 1. The maximum absolute atomic E-state index is 12.4. The quantitative estimate of drug-likeness (QED) is 0.809. The highest BCUT2D eigenvalue weighted by atomic mass is 16.5. The molecule has 2 bridgehead atoms. The highest BCUT2D eigenvalue weighted by molar-refractivity contribution is 5.78. The number of aliphatic hydroxyl groups excluding tert-OH is 2. The van der Waals surface area contributed by atoms with Crippen molar-refractivity contribution in [2.24, 2.45) is 0 Å². The molecule has 0 aromatic heterocycles. The second kappa shape index (κ2) is 6.36. The van der Waals surface area contributed by atoms with Crippen LogP contribution in [0, 0.1) is 0 Å². The third-order valence-corrected chi connectivity index (χ3v) is 5.05. The molecule has 0 unspecified atom stereocenters. The first-order valence-corrected chi connectivity index (χ1v) is 7.86. The van der Waals surface area contributed by atoms with E-state index in [2.05, 4.69) is 4.90 Å². The van der Waals surface area contributed by atoms with Gasteiger partial charge in [0.15, 0.2) is 0 Å². The molecule has 3 rings (SSSR count). The van der Waals surface area contributed by atoms with E-state index >= 15 is 0 Å². The lowest BCUT2D eigenvalue weighted by Crippen LogP contribution is -2.45. The number of likely N-dealkylation sites (N-methyl/N-ethyl adjacent to an activating group) is 1. The molecule has 0 amide bonds. The van der Waals surface area contributed by atoms with Crippen molar-refractivity contribution < 1.29 is 19.7 Å². The van der Waals surface area contributed by atoms with Gasteiger partial charge in [-0.3, -0.25) is 9.69 Å². The highest BCUT2D eigenvalue weighted by Crippen LogP contribution is 2.36. The Morgan fingerprint density at radius 3 is 2.68 bits per heavy atom. The molecule has 2 aliphatic rings. The van der Waals surface area contributed by atoms with E-state index in [4.69, 9.17) is 4.74 Å². The van der Waals surface area contributed by atoms with Crippen molar-refractivity contribution in [3.05, 3.63) is 35.9 Å². The predicted octanol–water partition coefficient (Wildman–Crippen LogP) is 0.902. The number of nitrogens with zero attached hydrogens (tertiary/aromatic N) is 1. The van der Waals surface area contributed by atoms with Crippen LogP contribution in [0.4, 0.5) is 0 Å². The number of carbonyl (C=O) groups excluding carboxylic acids is 1. The van der Waals surface area contributed by atoms with Crippen LogP contribution in [0.1, 0.15) is 30.7 Å². The molecule has 5 heteroatoms. The second-order valence-corrected chi connectivity index (χ2v) is 6.37. The Kier molecular flexibility index (Phi) is 4.47. The van der Waals surface area contributed by atoms with Crippen molar-refractivity contribution in [1.29, 1.82) is 0 Å². The van der Waals surface area contributed by atoms with Gasteiger partial charge in [0.2, 0.25) is 0 Å². The summed E-state index contributed by atoms with van der Waals surface area (Å²) in [6.07, 6.45) is 1.66. The largest absolute Gasteiger partial charge is 0.462 e. The minimum atomic E-state index is -0.636. The molecule has 5 nitrogen and oxygen atoms in total. The summed E-state index contributed by atoms with van der Waals surface area (Å²) in [5.74, 6) is -1.01. The van der Waals surface area contributed by atoms with Gasteiger partial charge in [-0.15, -0.1) is 0 Å². The number of hydrogen-bond acceptors (Lipinski definition) is 5. The molecule has 0 saturated carbocycles. The molecular weight excluding hydrogens is 282 g/mol. The van der Waals surface area contributed by atoms with Gasteiger partial charge in [-0.25, -0.2) is 0 Å². The van der Waals surface area contributed by atoms with Crippen molar-refractivity contribution in [2.75, 3.05) is 13.7 Å². The topological polar surface area (TPSA) is 70.0 Å². The van der Waals surface area contributed by atoms with Crippen molar-refractivity contribution >= 4 is 5.97 Å². The van der Waals surface area contributed by atoms with Crippen LogP contribution >= 0.6 is 0 Å². The average Bonchev–Trinajstić information content (AvgIpc) is 2.68. The monoisotopic (exact) mass is 305 g/mol. The maximum atomic E-state index is 12.4. The minimum Gasteiger partial charge on any atom is -0.462 e. The van der Waals surface area contributed by atoms with Gasteiger partial charge in [0.1, 0.15) is 12.0 Å². The van der Waals surface area contributed by atoms with Crippen LogP contribution in [0.5, 0.6) is 0 Å². The molecule has 2 heterocycles. The number of fused-ring (bicyclic) bond motifs is 2. The zero-order chi connectivity index (χ0) is 15.7. The first kappa shape index (κ1) is 15.5. The van der Waals surface area contributed by atoms with Crippen LogP contribution in [0.3, 0.4) is 0 Å². The zero-order valence-corrected chi connectivity index (χ0v) is 12.8. The fraction of sp³-hybridized carbons (Fsp3) is 0.588. The summed E-state index contributed by atoms with van der Waals surface area (Å²) in [6.45, 7) is -0.259. The van der Waals surface area contributed by atoms with Crippen molar-refractivity contribution in [1.82, 2.24) is 4.90 Å². The van der Waals surface area contributed by atoms with Crippen LogP contribution < -0.4 is 0 Å². The van der Waals surface area contributed by atoms with Crippen LogP contribution in [-0.4, -0.2) is 59.0 Å². The SMILES string of the molecule is CN1[C@@H]2C[C@H](OC(=O)[C@@H](CO)c3ccccc3)C[C@@H]1[C@H](O)C2. The molecule has 0 spiro atoms. The lowest BCUT2D eigenvalue weighted by Gasteiger charge is -2.36. The predicted molar refractivity (Wildman–Crippen MR) is 81.3 cm³/mol. The summed E-state index contributed by atoms with van der Waals surface area (Å²) in [5.41, 5.74) is 0.769. The Labute approximate surface area is 130 Å². The molecule has 2 saturated heterocycles. The van der Waals surface area contributed by atoms with Crippen molar-refractivity contribution in [2.45, 2.75) is 49.5 Å². The Morgan fingerprint density at radius 1 is 1.32 bits per heavy atom. The first-order valence-electron chi connectivity index (χ1n) is 7.86. The number of aliphatic hydroxyl groups is 2. The molecule has 1 aromatic carbocycles. The fourth-order valence-corrected chi connectivity index (χ4v) is 3.74. The summed E-state index contributed by atoms with van der Waals surface area (Å²) < 4.78 is 5.64. The van der Waals surface area contributed by atoms with Gasteiger partial charge in [0.05, 0.1) is 12.7 Å². The van der Waals surface area contributed by atoms with Crippen LogP contribution in [0.15, 0.2) is 30.3 Å². The first-order chi connectivity index (χ1) is 10.6. The summed E-state index contributed by atoms with van der Waals surface area (Å²) in [4.78, 5) is 14.6. The van der Waals surface area contributed by atoms with E-state index in [1.165, 1.54) is 0 Å². The van der Waals surface area contributed by atoms with E-state index in [1.54, 1.807) is 0 Å². The lowest BCUT2D eigenvalue weighted by molar-refractivity contribution is -0.155. The molecule has 120 valence electrons. The van der Waals surface area contributed by atoms with Gasteiger partial charge < -0.3 is 14.9 Å². The standard InChI is InChI=1S/C17H23NO4/c1-18-12-7-13(9-15(18)16(20)8-12)22-17(21)14(10-19)11-5-3-2-4-6-11/h2-6,12-16,19-20H,7-10H2,1H3/t12-,13+,14+,15-,16-/m1/s1. The number of hydrogen-bond donors (Lipinski definition) is 2. The molecule has 0 aliphatic carbocycles. The number of esters is 1. The molecule has 2 fully saturated rings. The number of benzene rings is 1.